The maximum atomic E-state index is 11.2. The monoisotopic (exact) mass is 213 g/mol. The number of imide groups is 1. The summed E-state index contributed by atoms with van der Waals surface area (Å²) in [5.74, 6) is -0.653. The second kappa shape index (κ2) is 6.35. The van der Waals surface area contributed by atoms with Crippen LogP contribution in [0.25, 0.3) is 0 Å². The van der Waals surface area contributed by atoms with Gasteiger partial charge in [0.25, 0.3) is 0 Å². The average Bonchev–Trinajstić information content (AvgIpc) is 2.17. The third kappa shape index (κ3) is 6.85. The van der Waals surface area contributed by atoms with Crippen molar-refractivity contribution in [1.29, 1.82) is 0 Å². The highest BCUT2D eigenvalue weighted by atomic mass is 16.2. The fourth-order valence-electron chi connectivity index (χ4n) is 1.08. The number of hydrogen-bond donors (Lipinski definition) is 1. The van der Waals surface area contributed by atoms with Crippen LogP contribution in [-0.4, -0.2) is 43.5 Å². The summed E-state index contributed by atoms with van der Waals surface area (Å²) in [4.78, 5) is 22.0. The van der Waals surface area contributed by atoms with E-state index in [1.807, 2.05) is 0 Å². The van der Waals surface area contributed by atoms with Crippen molar-refractivity contribution in [1.82, 2.24) is 5.32 Å². The molecule has 0 aliphatic carbocycles. The number of hydrogen-bond acceptors (Lipinski definition) is 2. The molecule has 0 radical (unpaired) electrons. The van der Waals surface area contributed by atoms with Crippen LogP contribution in [0.15, 0.2) is 12.7 Å². The minimum atomic E-state index is -0.427. The van der Waals surface area contributed by atoms with Gasteiger partial charge in [-0.15, -0.1) is 0 Å². The number of nitrogens with zero attached hydrogens (tertiary/aromatic N) is 1. The van der Waals surface area contributed by atoms with Gasteiger partial charge in [0.15, 0.2) is 0 Å². The van der Waals surface area contributed by atoms with Gasteiger partial charge in [0.05, 0.1) is 27.2 Å². The van der Waals surface area contributed by atoms with Gasteiger partial charge < -0.3 is 4.48 Å². The first-order valence-corrected chi connectivity index (χ1v) is 5.19. The summed E-state index contributed by atoms with van der Waals surface area (Å²) in [5.41, 5.74) is 0. The van der Waals surface area contributed by atoms with Crippen LogP contribution in [0, 0.1) is 0 Å². The summed E-state index contributed by atoms with van der Waals surface area (Å²) >= 11 is 0. The zero-order chi connectivity index (χ0) is 11.9. The summed E-state index contributed by atoms with van der Waals surface area (Å²) < 4.78 is 0.892. The highest BCUT2D eigenvalue weighted by Crippen LogP contribution is 2.00. The van der Waals surface area contributed by atoms with Crippen LogP contribution < -0.4 is 5.32 Å². The second-order valence-corrected chi connectivity index (χ2v) is 4.20. The molecule has 86 valence electrons. The van der Waals surface area contributed by atoms with E-state index in [0.29, 0.717) is 6.42 Å². The lowest BCUT2D eigenvalue weighted by Crippen LogP contribution is -2.40. The van der Waals surface area contributed by atoms with Crippen LogP contribution >= 0.6 is 0 Å². The Morgan fingerprint density at radius 2 is 2.00 bits per heavy atom. The van der Waals surface area contributed by atoms with E-state index >= 15 is 0 Å². The Balaban J connectivity index is 3.73. The molecule has 0 spiro atoms. The van der Waals surface area contributed by atoms with E-state index in [2.05, 4.69) is 32.9 Å². The second-order valence-electron chi connectivity index (χ2n) is 4.20. The van der Waals surface area contributed by atoms with E-state index in [9.17, 15) is 9.59 Å². The normalized spacial score (nSPS) is 10.9. The summed E-state index contributed by atoms with van der Waals surface area (Å²) in [6.45, 7) is 7.36. The van der Waals surface area contributed by atoms with Gasteiger partial charge in [0.1, 0.15) is 0 Å². The molecule has 0 aliphatic rings. The SMILES string of the molecule is C=CC(=O)NC(=O)CCC[N+](C)(C)CC. The fourth-order valence-corrected chi connectivity index (χ4v) is 1.08. The lowest BCUT2D eigenvalue weighted by molar-refractivity contribution is -0.888. The van der Waals surface area contributed by atoms with Crippen molar-refractivity contribution in [2.45, 2.75) is 19.8 Å². The molecule has 0 unspecified atom stereocenters. The zero-order valence-electron chi connectivity index (χ0n) is 9.88. The van der Waals surface area contributed by atoms with Crippen LogP contribution in [0.4, 0.5) is 0 Å². The smallest absolute Gasteiger partial charge is 0.249 e. The molecule has 0 heterocycles. The molecule has 0 bridgehead atoms. The van der Waals surface area contributed by atoms with Crippen LogP contribution in [0.5, 0.6) is 0 Å². The van der Waals surface area contributed by atoms with Gasteiger partial charge in [0.2, 0.25) is 11.8 Å². The van der Waals surface area contributed by atoms with E-state index in [4.69, 9.17) is 0 Å². The van der Waals surface area contributed by atoms with Gasteiger partial charge in [-0.3, -0.25) is 14.9 Å². The first kappa shape index (κ1) is 13.8. The number of carbonyl (C=O) groups is 2. The van der Waals surface area contributed by atoms with Crippen molar-refractivity contribution in [2.75, 3.05) is 27.2 Å². The number of carbonyl (C=O) groups excluding carboxylic acids is 2. The summed E-state index contributed by atoms with van der Waals surface area (Å²) in [6.07, 6.45) is 2.28. The van der Waals surface area contributed by atoms with Crippen LogP contribution in [0.1, 0.15) is 19.8 Å². The molecule has 1 N–H and O–H groups in total. The van der Waals surface area contributed by atoms with Crippen molar-refractivity contribution in [3.8, 4) is 0 Å². The Morgan fingerprint density at radius 1 is 1.40 bits per heavy atom. The maximum Gasteiger partial charge on any atom is 0.249 e. The number of quaternary nitrogens is 1. The molecule has 0 fully saturated rings. The lowest BCUT2D eigenvalue weighted by atomic mass is 10.2. The molecule has 0 atom stereocenters. The van der Waals surface area contributed by atoms with Crippen molar-refractivity contribution >= 4 is 11.8 Å². The van der Waals surface area contributed by atoms with Crippen LogP contribution in [0.2, 0.25) is 0 Å². The first-order valence-electron chi connectivity index (χ1n) is 5.19. The topological polar surface area (TPSA) is 46.2 Å². The van der Waals surface area contributed by atoms with Gasteiger partial charge >= 0.3 is 0 Å². The predicted molar refractivity (Wildman–Crippen MR) is 60.1 cm³/mol. The Labute approximate surface area is 91.5 Å². The quantitative estimate of drug-likeness (QED) is 0.521. The molecular weight excluding hydrogens is 192 g/mol. The lowest BCUT2D eigenvalue weighted by Gasteiger charge is -2.27. The summed E-state index contributed by atoms with van der Waals surface area (Å²) in [7, 11) is 4.24. The molecule has 0 aromatic rings. The standard InChI is InChI=1S/C11H20N2O2/c1-5-10(14)12-11(15)8-7-9-13(3,4)6-2/h5H,1,6-9H2,2-4H3/p+1. The molecule has 0 saturated heterocycles. The molecule has 4 heteroatoms. The Kier molecular flexibility index (Phi) is 5.86. The number of nitrogens with one attached hydrogen (secondary N) is 1. The molecule has 0 rings (SSSR count). The number of amides is 2. The number of rotatable bonds is 6. The molecule has 2 amide bonds. The fraction of sp³-hybridized carbons (Fsp3) is 0.636. The largest absolute Gasteiger partial charge is 0.329 e. The Morgan fingerprint density at radius 3 is 2.47 bits per heavy atom. The van der Waals surface area contributed by atoms with Crippen LogP contribution in [0.3, 0.4) is 0 Å². The van der Waals surface area contributed by atoms with Gasteiger partial charge in [-0.2, -0.15) is 0 Å². The van der Waals surface area contributed by atoms with E-state index in [1.54, 1.807) is 0 Å². The molecule has 0 aromatic heterocycles. The predicted octanol–water partition coefficient (Wildman–Crippen LogP) is 0.692. The van der Waals surface area contributed by atoms with Gasteiger partial charge in [0, 0.05) is 12.8 Å². The van der Waals surface area contributed by atoms with Crippen molar-refractivity contribution < 1.29 is 14.1 Å². The molecule has 0 saturated carbocycles. The summed E-state index contributed by atoms with van der Waals surface area (Å²) in [6, 6.07) is 0. The molecule has 15 heavy (non-hydrogen) atoms. The van der Waals surface area contributed by atoms with Gasteiger partial charge in [-0.05, 0) is 13.0 Å². The molecule has 0 aliphatic heterocycles. The van der Waals surface area contributed by atoms with Crippen molar-refractivity contribution in [3.05, 3.63) is 12.7 Å². The third-order valence-corrected chi connectivity index (χ3v) is 2.47. The van der Waals surface area contributed by atoms with Gasteiger partial charge in [-0.25, -0.2) is 0 Å². The van der Waals surface area contributed by atoms with E-state index in [-0.39, 0.29) is 5.91 Å². The summed E-state index contributed by atoms with van der Waals surface area (Å²) in [5, 5.41) is 2.23. The van der Waals surface area contributed by atoms with Gasteiger partial charge in [-0.1, -0.05) is 6.58 Å². The van der Waals surface area contributed by atoms with Crippen molar-refractivity contribution in [3.63, 3.8) is 0 Å². The molecule has 4 nitrogen and oxygen atoms in total. The third-order valence-electron chi connectivity index (χ3n) is 2.47. The van der Waals surface area contributed by atoms with Crippen molar-refractivity contribution in [2.24, 2.45) is 0 Å². The van der Waals surface area contributed by atoms with Crippen LogP contribution in [-0.2, 0) is 9.59 Å². The van der Waals surface area contributed by atoms with E-state index < -0.39 is 5.91 Å². The molecular formula is C11H21N2O2+. The highest BCUT2D eigenvalue weighted by Gasteiger charge is 2.12. The maximum absolute atomic E-state index is 11.2. The van der Waals surface area contributed by atoms with E-state index in [0.717, 1.165) is 30.1 Å². The minimum absolute atomic E-state index is 0.226. The molecule has 0 aromatic carbocycles. The minimum Gasteiger partial charge on any atom is -0.329 e. The van der Waals surface area contributed by atoms with E-state index in [1.165, 1.54) is 0 Å². The average molecular weight is 213 g/mol. The zero-order valence-corrected chi connectivity index (χ0v) is 9.88. The Bertz CT molecular complexity index is 247. The Hall–Kier alpha value is -1.16. The highest BCUT2D eigenvalue weighted by molar-refractivity contribution is 6.00. The first-order chi connectivity index (χ1) is 6.91.